The zero-order valence-electron chi connectivity index (χ0n) is 11.5. The Balaban J connectivity index is 2.28. The quantitative estimate of drug-likeness (QED) is 0.889. The monoisotopic (exact) mass is 261 g/mol. The molecule has 0 radical (unpaired) electrons. The van der Waals surface area contributed by atoms with Crippen molar-refractivity contribution in [2.45, 2.75) is 32.6 Å². The van der Waals surface area contributed by atoms with E-state index in [2.05, 4.69) is 20.8 Å². The molecular weight excluding hydrogens is 242 g/mol. The van der Waals surface area contributed by atoms with Gasteiger partial charge in [-0.2, -0.15) is 0 Å². The van der Waals surface area contributed by atoms with Gasteiger partial charge in [0.1, 0.15) is 0 Å². The summed E-state index contributed by atoms with van der Waals surface area (Å²) in [6.45, 7) is 6.59. The number of carboxylic acid groups (broad SMARTS) is 1. The summed E-state index contributed by atoms with van der Waals surface area (Å²) in [7, 11) is 0. The zero-order valence-corrected chi connectivity index (χ0v) is 11.5. The molecule has 1 aromatic rings. The Bertz CT molecular complexity index is 516. The van der Waals surface area contributed by atoms with E-state index in [1.807, 2.05) is 24.3 Å². The van der Waals surface area contributed by atoms with Crippen molar-refractivity contribution in [2.75, 3.05) is 11.4 Å². The van der Waals surface area contributed by atoms with E-state index in [9.17, 15) is 9.59 Å². The van der Waals surface area contributed by atoms with Crippen molar-refractivity contribution in [3.05, 3.63) is 29.8 Å². The molecule has 2 rings (SSSR count). The lowest BCUT2D eigenvalue weighted by atomic mass is 9.87. The van der Waals surface area contributed by atoms with E-state index in [-0.39, 0.29) is 24.3 Å². The molecule has 1 N–H and O–H groups in total. The number of rotatable bonds is 2. The molecule has 19 heavy (non-hydrogen) atoms. The van der Waals surface area contributed by atoms with E-state index >= 15 is 0 Å². The molecule has 0 aliphatic carbocycles. The number of hydrogen-bond acceptors (Lipinski definition) is 2. The molecular formula is C15H19NO3. The first-order chi connectivity index (χ1) is 8.79. The smallest absolute Gasteiger partial charge is 0.308 e. The van der Waals surface area contributed by atoms with E-state index < -0.39 is 11.9 Å². The van der Waals surface area contributed by atoms with Gasteiger partial charge < -0.3 is 10.0 Å². The predicted octanol–water partition coefficient (Wildman–Crippen LogP) is 2.42. The average Bonchev–Trinajstić information content (AvgIpc) is 2.71. The first kappa shape index (κ1) is 13.6. The molecule has 102 valence electrons. The van der Waals surface area contributed by atoms with E-state index in [1.54, 1.807) is 4.90 Å². The highest BCUT2D eigenvalue weighted by atomic mass is 16.4. The van der Waals surface area contributed by atoms with E-state index in [0.29, 0.717) is 0 Å². The topological polar surface area (TPSA) is 57.6 Å². The number of benzene rings is 1. The Morgan fingerprint density at radius 2 is 2.05 bits per heavy atom. The molecule has 1 aliphatic rings. The van der Waals surface area contributed by atoms with Crippen LogP contribution in [0.25, 0.3) is 0 Å². The molecule has 0 saturated carbocycles. The van der Waals surface area contributed by atoms with Gasteiger partial charge >= 0.3 is 5.97 Å². The molecule has 0 aromatic heterocycles. The largest absolute Gasteiger partial charge is 0.481 e. The van der Waals surface area contributed by atoms with Crippen LogP contribution >= 0.6 is 0 Å². The second-order valence-electron chi connectivity index (χ2n) is 6.04. The molecule has 4 heteroatoms. The van der Waals surface area contributed by atoms with Crippen LogP contribution in [-0.4, -0.2) is 23.5 Å². The Morgan fingerprint density at radius 3 is 2.58 bits per heavy atom. The van der Waals surface area contributed by atoms with Crippen LogP contribution in [0.4, 0.5) is 5.69 Å². The molecule has 0 spiro atoms. The minimum Gasteiger partial charge on any atom is -0.481 e. The van der Waals surface area contributed by atoms with Crippen molar-refractivity contribution in [3.63, 3.8) is 0 Å². The second-order valence-corrected chi connectivity index (χ2v) is 6.04. The van der Waals surface area contributed by atoms with E-state index in [1.165, 1.54) is 0 Å². The molecule has 4 nitrogen and oxygen atoms in total. The lowest BCUT2D eigenvalue weighted by molar-refractivity contribution is -0.141. The van der Waals surface area contributed by atoms with Crippen molar-refractivity contribution in [2.24, 2.45) is 5.92 Å². The van der Waals surface area contributed by atoms with Crippen LogP contribution in [0.3, 0.4) is 0 Å². The van der Waals surface area contributed by atoms with Crippen LogP contribution in [-0.2, 0) is 15.0 Å². The van der Waals surface area contributed by atoms with Gasteiger partial charge in [0.25, 0.3) is 0 Å². The minimum atomic E-state index is -0.900. The number of hydrogen-bond donors (Lipinski definition) is 1. The van der Waals surface area contributed by atoms with Gasteiger partial charge in [-0.05, 0) is 23.1 Å². The Morgan fingerprint density at radius 1 is 1.37 bits per heavy atom. The summed E-state index contributed by atoms with van der Waals surface area (Å²) >= 11 is 0. The van der Waals surface area contributed by atoms with Gasteiger partial charge in [0.2, 0.25) is 5.91 Å². The molecule has 0 bridgehead atoms. The fourth-order valence-corrected chi connectivity index (χ4v) is 2.26. The molecule has 1 aromatic carbocycles. The summed E-state index contributed by atoms with van der Waals surface area (Å²) in [5.74, 6) is -1.60. The molecule has 1 aliphatic heterocycles. The lowest BCUT2D eigenvalue weighted by Crippen LogP contribution is -2.26. The first-order valence-electron chi connectivity index (χ1n) is 6.43. The molecule has 1 amide bonds. The highest BCUT2D eigenvalue weighted by Crippen LogP contribution is 2.30. The van der Waals surface area contributed by atoms with Crippen LogP contribution in [0.5, 0.6) is 0 Å². The van der Waals surface area contributed by atoms with Crippen LogP contribution < -0.4 is 4.90 Å². The van der Waals surface area contributed by atoms with E-state index in [4.69, 9.17) is 5.11 Å². The Hall–Kier alpha value is -1.84. The third-order valence-electron chi connectivity index (χ3n) is 3.50. The third-order valence-corrected chi connectivity index (χ3v) is 3.50. The van der Waals surface area contributed by atoms with Crippen molar-refractivity contribution < 1.29 is 14.7 Å². The molecule has 1 atom stereocenters. The normalized spacial score (nSPS) is 19.8. The molecule has 1 fully saturated rings. The number of carbonyl (C=O) groups excluding carboxylic acids is 1. The zero-order chi connectivity index (χ0) is 14.2. The maximum atomic E-state index is 11.9. The molecule has 1 unspecified atom stereocenters. The van der Waals surface area contributed by atoms with Gasteiger partial charge in [0.05, 0.1) is 5.92 Å². The summed E-state index contributed by atoms with van der Waals surface area (Å²) in [5, 5.41) is 9.00. The lowest BCUT2D eigenvalue weighted by Gasteiger charge is -2.22. The number of amides is 1. The van der Waals surface area contributed by atoms with Crippen LogP contribution in [0.1, 0.15) is 32.8 Å². The number of nitrogens with zero attached hydrogens (tertiary/aromatic N) is 1. The third kappa shape index (κ3) is 2.78. The summed E-state index contributed by atoms with van der Waals surface area (Å²) < 4.78 is 0. The van der Waals surface area contributed by atoms with Gasteiger partial charge in [-0.1, -0.05) is 32.9 Å². The first-order valence-corrected chi connectivity index (χ1v) is 6.43. The number of carboxylic acids is 1. The predicted molar refractivity (Wildman–Crippen MR) is 73.2 cm³/mol. The summed E-state index contributed by atoms with van der Waals surface area (Å²) in [6.07, 6.45) is 0.0923. The van der Waals surface area contributed by atoms with Crippen LogP contribution in [0.15, 0.2) is 24.3 Å². The maximum Gasteiger partial charge on any atom is 0.308 e. The maximum absolute atomic E-state index is 11.9. The highest BCUT2D eigenvalue weighted by Gasteiger charge is 2.35. The van der Waals surface area contributed by atoms with Crippen molar-refractivity contribution in [3.8, 4) is 0 Å². The van der Waals surface area contributed by atoms with Gasteiger partial charge in [-0.3, -0.25) is 9.59 Å². The average molecular weight is 261 g/mol. The fourth-order valence-electron chi connectivity index (χ4n) is 2.26. The van der Waals surface area contributed by atoms with Gasteiger partial charge in [0, 0.05) is 18.7 Å². The van der Waals surface area contributed by atoms with Gasteiger partial charge in [0.15, 0.2) is 0 Å². The van der Waals surface area contributed by atoms with Crippen LogP contribution in [0.2, 0.25) is 0 Å². The molecule has 1 heterocycles. The Labute approximate surface area is 113 Å². The summed E-state index contributed by atoms with van der Waals surface area (Å²) in [6, 6.07) is 7.77. The van der Waals surface area contributed by atoms with Gasteiger partial charge in [-0.25, -0.2) is 0 Å². The van der Waals surface area contributed by atoms with Crippen molar-refractivity contribution in [1.29, 1.82) is 0 Å². The standard InChI is InChI=1S/C15H19NO3/c1-15(2,3)11-5-4-6-12(8-11)16-9-10(14(18)19)7-13(16)17/h4-6,8,10H,7,9H2,1-3H3,(H,18,19). The van der Waals surface area contributed by atoms with Crippen molar-refractivity contribution >= 4 is 17.6 Å². The van der Waals surface area contributed by atoms with Crippen molar-refractivity contribution in [1.82, 2.24) is 0 Å². The number of aliphatic carboxylic acids is 1. The SMILES string of the molecule is CC(C)(C)c1cccc(N2CC(C(=O)O)CC2=O)c1. The number of anilines is 1. The summed E-state index contributed by atoms with van der Waals surface area (Å²) in [5.41, 5.74) is 1.93. The highest BCUT2D eigenvalue weighted by molar-refractivity contribution is 5.99. The summed E-state index contributed by atoms with van der Waals surface area (Å²) in [4.78, 5) is 24.5. The Kier molecular flexibility index (Phi) is 3.35. The fraction of sp³-hybridized carbons (Fsp3) is 0.467. The molecule has 1 saturated heterocycles. The van der Waals surface area contributed by atoms with E-state index in [0.717, 1.165) is 11.3 Å². The minimum absolute atomic E-state index is 0.00494. The van der Waals surface area contributed by atoms with Gasteiger partial charge in [-0.15, -0.1) is 0 Å². The van der Waals surface area contributed by atoms with Crippen LogP contribution in [0, 0.1) is 5.92 Å². The second kappa shape index (κ2) is 4.68. The number of carbonyl (C=O) groups is 2.